The van der Waals surface area contributed by atoms with E-state index in [0.717, 1.165) is 25.4 Å². The average Bonchev–Trinajstić information content (AvgIpc) is 2.48. The van der Waals surface area contributed by atoms with Gasteiger partial charge in [-0.05, 0) is 38.1 Å². The molecule has 2 rings (SSSR count). The molecule has 0 bridgehead atoms. The van der Waals surface area contributed by atoms with Crippen LogP contribution in [-0.2, 0) is 4.79 Å². The molecular weight excluding hydrogens is 256 g/mol. The lowest BCUT2D eigenvalue weighted by Gasteiger charge is -2.35. The Labute approximate surface area is 119 Å². The molecule has 0 aliphatic carbocycles. The second kappa shape index (κ2) is 6.61. The standard InChI is InChI=1S/C15H22N2O3/c1-11-10-16-8-9-17(11)15(18)12(2)20-14-6-4-13(19-3)5-7-14/h4-7,11-12,16H,8-10H2,1-3H3/t11-,12?/m1/s1. The quantitative estimate of drug-likeness (QED) is 0.901. The zero-order valence-electron chi connectivity index (χ0n) is 12.3. The van der Waals surface area contributed by atoms with Crippen LogP contribution in [-0.4, -0.2) is 49.7 Å². The topological polar surface area (TPSA) is 50.8 Å². The van der Waals surface area contributed by atoms with Crippen molar-refractivity contribution in [2.24, 2.45) is 0 Å². The van der Waals surface area contributed by atoms with Gasteiger partial charge >= 0.3 is 0 Å². The lowest BCUT2D eigenvalue weighted by Crippen LogP contribution is -2.55. The summed E-state index contributed by atoms with van der Waals surface area (Å²) in [4.78, 5) is 14.3. The van der Waals surface area contributed by atoms with E-state index < -0.39 is 6.10 Å². The van der Waals surface area contributed by atoms with Crippen LogP contribution in [0.5, 0.6) is 11.5 Å². The molecule has 0 saturated carbocycles. The van der Waals surface area contributed by atoms with Gasteiger partial charge in [-0.2, -0.15) is 0 Å². The minimum absolute atomic E-state index is 0.0369. The van der Waals surface area contributed by atoms with Crippen molar-refractivity contribution in [3.63, 3.8) is 0 Å². The van der Waals surface area contributed by atoms with Crippen LogP contribution < -0.4 is 14.8 Å². The van der Waals surface area contributed by atoms with Crippen molar-refractivity contribution in [3.05, 3.63) is 24.3 Å². The van der Waals surface area contributed by atoms with E-state index in [1.807, 2.05) is 36.1 Å². The molecule has 1 aromatic carbocycles. The van der Waals surface area contributed by atoms with Gasteiger partial charge in [-0.25, -0.2) is 0 Å². The van der Waals surface area contributed by atoms with Crippen molar-refractivity contribution >= 4 is 5.91 Å². The maximum atomic E-state index is 12.4. The lowest BCUT2D eigenvalue weighted by molar-refractivity contribution is -0.140. The van der Waals surface area contributed by atoms with Gasteiger partial charge in [0, 0.05) is 25.7 Å². The van der Waals surface area contributed by atoms with Gasteiger partial charge in [0.1, 0.15) is 11.5 Å². The predicted molar refractivity (Wildman–Crippen MR) is 77.1 cm³/mol. The van der Waals surface area contributed by atoms with Gasteiger partial charge in [-0.15, -0.1) is 0 Å². The largest absolute Gasteiger partial charge is 0.497 e. The Kier molecular flexibility index (Phi) is 4.84. The van der Waals surface area contributed by atoms with Crippen molar-refractivity contribution < 1.29 is 14.3 Å². The Balaban J connectivity index is 1.95. The molecule has 1 aliphatic heterocycles. The maximum absolute atomic E-state index is 12.4. The summed E-state index contributed by atoms with van der Waals surface area (Å²) in [6.45, 7) is 6.24. The normalized spacial score (nSPS) is 20.4. The molecule has 1 aromatic rings. The van der Waals surface area contributed by atoms with E-state index in [-0.39, 0.29) is 11.9 Å². The number of amides is 1. The van der Waals surface area contributed by atoms with Gasteiger partial charge in [0.25, 0.3) is 5.91 Å². The third kappa shape index (κ3) is 3.42. The number of ether oxygens (including phenoxy) is 2. The fraction of sp³-hybridized carbons (Fsp3) is 0.533. The average molecular weight is 278 g/mol. The fourth-order valence-electron chi connectivity index (χ4n) is 2.31. The van der Waals surface area contributed by atoms with Gasteiger partial charge in [-0.3, -0.25) is 4.79 Å². The Morgan fingerprint density at radius 1 is 1.35 bits per heavy atom. The number of carbonyl (C=O) groups is 1. The van der Waals surface area contributed by atoms with E-state index in [2.05, 4.69) is 5.32 Å². The number of piperazine rings is 1. The summed E-state index contributed by atoms with van der Waals surface area (Å²) < 4.78 is 10.8. The monoisotopic (exact) mass is 278 g/mol. The summed E-state index contributed by atoms with van der Waals surface area (Å²) in [7, 11) is 1.62. The Hall–Kier alpha value is -1.75. The molecule has 0 aromatic heterocycles. The first kappa shape index (κ1) is 14.7. The Morgan fingerprint density at radius 2 is 2.00 bits per heavy atom. The molecule has 0 spiro atoms. The molecule has 0 radical (unpaired) electrons. The van der Waals surface area contributed by atoms with Gasteiger partial charge < -0.3 is 19.7 Å². The van der Waals surface area contributed by atoms with Crippen LogP contribution in [0.1, 0.15) is 13.8 Å². The number of carbonyl (C=O) groups excluding carboxylic acids is 1. The molecule has 110 valence electrons. The molecule has 5 nitrogen and oxygen atoms in total. The molecule has 1 heterocycles. The molecule has 1 aliphatic rings. The lowest BCUT2D eigenvalue weighted by atomic mass is 10.2. The molecule has 1 amide bonds. The van der Waals surface area contributed by atoms with Gasteiger partial charge in [0.05, 0.1) is 7.11 Å². The minimum Gasteiger partial charge on any atom is -0.497 e. The summed E-state index contributed by atoms with van der Waals surface area (Å²) in [5.74, 6) is 1.48. The van der Waals surface area contributed by atoms with Crippen molar-refractivity contribution in [2.45, 2.75) is 26.0 Å². The number of nitrogens with zero attached hydrogens (tertiary/aromatic N) is 1. The van der Waals surface area contributed by atoms with E-state index in [0.29, 0.717) is 5.75 Å². The first-order valence-corrected chi connectivity index (χ1v) is 6.93. The number of hydrogen-bond donors (Lipinski definition) is 1. The summed E-state index contributed by atoms with van der Waals surface area (Å²) >= 11 is 0. The highest BCUT2D eigenvalue weighted by molar-refractivity contribution is 5.81. The molecule has 1 N–H and O–H groups in total. The number of nitrogens with one attached hydrogen (secondary N) is 1. The van der Waals surface area contributed by atoms with Gasteiger partial charge in [-0.1, -0.05) is 0 Å². The van der Waals surface area contributed by atoms with Crippen molar-refractivity contribution in [2.75, 3.05) is 26.7 Å². The third-order valence-corrected chi connectivity index (χ3v) is 3.50. The smallest absolute Gasteiger partial charge is 0.263 e. The van der Waals surface area contributed by atoms with E-state index in [1.165, 1.54) is 0 Å². The Bertz CT molecular complexity index is 447. The molecular formula is C15H22N2O3. The van der Waals surface area contributed by atoms with E-state index in [9.17, 15) is 4.79 Å². The molecule has 1 unspecified atom stereocenters. The number of hydrogen-bond acceptors (Lipinski definition) is 4. The molecule has 20 heavy (non-hydrogen) atoms. The Morgan fingerprint density at radius 3 is 2.60 bits per heavy atom. The van der Waals surface area contributed by atoms with E-state index in [1.54, 1.807) is 14.0 Å². The van der Waals surface area contributed by atoms with Crippen molar-refractivity contribution in [1.82, 2.24) is 10.2 Å². The number of rotatable bonds is 4. The minimum atomic E-state index is -0.482. The number of methoxy groups -OCH3 is 1. The summed E-state index contributed by atoms with van der Waals surface area (Å²) in [6, 6.07) is 7.46. The second-order valence-electron chi connectivity index (χ2n) is 5.02. The number of benzene rings is 1. The third-order valence-electron chi connectivity index (χ3n) is 3.50. The molecule has 1 saturated heterocycles. The van der Waals surface area contributed by atoms with E-state index >= 15 is 0 Å². The van der Waals surface area contributed by atoms with E-state index in [4.69, 9.17) is 9.47 Å². The first-order valence-electron chi connectivity index (χ1n) is 6.93. The maximum Gasteiger partial charge on any atom is 0.263 e. The van der Waals surface area contributed by atoms with Crippen molar-refractivity contribution in [3.8, 4) is 11.5 Å². The zero-order valence-corrected chi connectivity index (χ0v) is 12.3. The highest BCUT2D eigenvalue weighted by Crippen LogP contribution is 2.19. The zero-order chi connectivity index (χ0) is 14.5. The van der Waals surface area contributed by atoms with Crippen molar-refractivity contribution in [1.29, 1.82) is 0 Å². The van der Waals surface area contributed by atoms with Crippen LogP contribution in [0.3, 0.4) is 0 Å². The highest BCUT2D eigenvalue weighted by Gasteiger charge is 2.27. The SMILES string of the molecule is COc1ccc(OC(C)C(=O)N2CCNC[C@H]2C)cc1. The van der Waals surface area contributed by atoms with Gasteiger partial charge in [0.2, 0.25) is 0 Å². The summed E-state index contributed by atoms with van der Waals surface area (Å²) in [6.07, 6.45) is -0.482. The van der Waals surface area contributed by atoms with Gasteiger partial charge in [0.15, 0.2) is 6.10 Å². The first-order chi connectivity index (χ1) is 9.61. The molecule has 5 heteroatoms. The second-order valence-corrected chi connectivity index (χ2v) is 5.02. The highest BCUT2D eigenvalue weighted by atomic mass is 16.5. The van der Waals surface area contributed by atoms with Crippen LogP contribution in [0.25, 0.3) is 0 Å². The molecule has 1 fully saturated rings. The predicted octanol–water partition coefficient (Wildman–Crippen LogP) is 1.28. The van der Waals surface area contributed by atoms with Crippen LogP contribution >= 0.6 is 0 Å². The fourth-order valence-corrected chi connectivity index (χ4v) is 2.31. The molecule has 2 atom stereocenters. The summed E-state index contributed by atoms with van der Waals surface area (Å²) in [5.41, 5.74) is 0. The van der Waals surface area contributed by atoms with Crippen LogP contribution in [0, 0.1) is 0 Å². The van der Waals surface area contributed by atoms with Crippen LogP contribution in [0.2, 0.25) is 0 Å². The van der Waals surface area contributed by atoms with Crippen LogP contribution in [0.15, 0.2) is 24.3 Å². The summed E-state index contributed by atoms with van der Waals surface area (Å²) in [5, 5.41) is 3.27. The van der Waals surface area contributed by atoms with Crippen LogP contribution in [0.4, 0.5) is 0 Å².